The van der Waals surface area contributed by atoms with Crippen molar-refractivity contribution < 1.29 is 4.74 Å². The minimum atomic E-state index is 0.0330. The van der Waals surface area contributed by atoms with Crippen LogP contribution >= 0.6 is 27.3 Å². The molecule has 1 aromatic heterocycles. The van der Waals surface area contributed by atoms with Gasteiger partial charge < -0.3 is 4.74 Å². The van der Waals surface area contributed by atoms with Crippen LogP contribution in [0.5, 0.6) is 0 Å². The van der Waals surface area contributed by atoms with Crippen LogP contribution in [0.3, 0.4) is 0 Å². The lowest BCUT2D eigenvalue weighted by Crippen LogP contribution is -2.36. The van der Waals surface area contributed by atoms with Gasteiger partial charge in [-0.1, -0.05) is 0 Å². The van der Waals surface area contributed by atoms with Crippen molar-refractivity contribution in [3.05, 3.63) is 20.8 Å². The van der Waals surface area contributed by atoms with Crippen molar-refractivity contribution >= 4 is 27.3 Å². The molecule has 13 heavy (non-hydrogen) atoms. The predicted molar refractivity (Wildman–Crippen MR) is 58.6 cm³/mol. The van der Waals surface area contributed by atoms with E-state index < -0.39 is 0 Å². The van der Waals surface area contributed by atoms with E-state index in [2.05, 4.69) is 26.7 Å². The molecule has 74 valence electrons. The molecule has 0 bridgehead atoms. The van der Waals surface area contributed by atoms with E-state index in [1.165, 1.54) is 0 Å². The Kier molecular flexibility index (Phi) is 4.34. The first-order valence-corrected chi connectivity index (χ1v) is 5.64. The van der Waals surface area contributed by atoms with Gasteiger partial charge in [0.2, 0.25) is 0 Å². The fourth-order valence-electron chi connectivity index (χ4n) is 1.13. The molecule has 0 saturated heterocycles. The maximum Gasteiger partial charge on any atom is 0.0751 e. The van der Waals surface area contributed by atoms with Crippen LogP contribution in [-0.4, -0.2) is 13.2 Å². The third-order valence-corrected chi connectivity index (χ3v) is 3.75. The summed E-state index contributed by atoms with van der Waals surface area (Å²) in [6, 6.07) is 0.0330. The largest absolute Gasteiger partial charge is 0.380 e. The third-order valence-electron chi connectivity index (χ3n) is 2.00. The zero-order valence-electron chi connectivity index (χ0n) is 7.58. The van der Waals surface area contributed by atoms with Gasteiger partial charge in [0.15, 0.2) is 0 Å². The summed E-state index contributed by atoms with van der Waals surface area (Å²) in [6.45, 7) is 1.98. The van der Waals surface area contributed by atoms with E-state index in [0.717, 1.165) is 10.0 Å². The van der Waals surface area contributed by atoms with Crippen LogP contribution in [0.15, 0.2) is 15.2 Å². The summed E-state index contributed by atoms with van der Waals surface area (Å²) in [6.07, 6.45) is 0.0518. The van der Waals surface area contributed by atoms with Gasteiger partial charge in [-0.2, -0.15) is 11.3 Å². The molecule has 0 fully saturated rings. The number of methoxy groups -OCH3 is 1. The van der Waals surface area contributed by atoms with Crippen LogP contribution in [0.1, 0.15) is 18.5 Å². The van der Waals surface area contributed by atoms with Crippen molar-refractivity contribution in [2.45, 2.75) is 19.1 Å². The van der Waals surface area contributed by atoms with E-state index >= 15 is 0 Å². The first kappa shape index (κ1) is 11.1. The number of nitrogens with one attached hydrogen (secondary N) is 1. The maximum absolute atomic E-state index is 5.46. The van der Waals surface area contributed by atoms with Crippen LogP contribution in [0.4, 0.5) is 0 Å². The highest BCUT2D eigenvalue weighted by Crippen LogP contribution is 2.29. The Labute approximate surface area is 90.4 Å². The SMILES string of the molecule is COC(C)C(NN)c1cscc1Br. The number of ether oxygens (including phenoxy) is 1. The van der Waals surface area contributed by atoms with Crippen LogP contribution in [-0.2, 0) is 4.74 Å². The van der Waals surface area contributed by atoms with E-state index in [1.807, 2.05) is 12.3 Å². The molecule has 0 aliphatic heterocycles. The molecule has 3 N–H and O–H groups in total. The lowest BCUT2D eigenvalue weighted by molar-refractivity contribution is 0.0830. The first-order valence-electron chi connectivity index (χ1n) is 3.91. The second kappa shape index (κ2) is 5.07. The zero-order valence-corrected chi connectivity index (χ0v) is 9.98. The topological polar surface area (TPSA) is 47.3 Å². The van der Waals surface area contributed by atoms with Gasteiger partial charge in [-0.15, -0.1) is 0 Å². The van der Waals surface area contributed by atoms with Crippen molar-refractivity contribution in [3.8, 4) is 0 Å². The molecule has 0 amide bonds. The van der Waals surface area contributed by atoms with Gasteiger partial charge in [0.25, 0.3) is 0 Å². The first-order chi connectivity index (χ1) is 6.20. The van der Waals surface area contributed by atoms with Gasteiger partial charge in [0, 0.05) is 17.0 Å². The molecule has 0 aliphatic carbocycles. The molecule has 1 rings (SSSR count). The van der Waals surface area contributed by atoms with Crippen LogP contribution in [0.25, 0.3) is 0 Å². The van der Waals surface area contributed by atoms with Crippen molar-refractivity contribution in [2.24, 2.45) is 5.84 Å². The Morgan fingerprint density at radius 2 is 2.31 bits per heavy atom. The van der Waals surface area contributed by atoms with Gasteiger partial charge in [0.1, 0.15) is 0 Å². The molecule has 0 aliphatic rings. The van der Waals surface area contributed by atoms with Crippen LogP contribution in [0.2, 0.25) is 0 Å². The average molecular weight is 265 g/mol. The molecular weight excluding hydrogens is 252 g/mol. The number of rotatable bonds is 4. The quantitative estimate of drug-likeness (QED) is 0.647. The van der Waals surface area contributed by atoms with Crippen LogP contribution < -0.4 is 11.3 Å². The smallest absolute Gasteiger partial charge is 0.0751 e. The summed E-state index contributed by atoms with van der Waals surface area (Å²) in [5.41, 5.74) is 3.89. The molecule has 2 atom stereocenters. The fraction of sp³-hybridized carbons (Fsp3) is 0.500. The highest BCUT2D eigenvalue weighted by atomic mass is 79.9. The van der Waals surface area contributed by atoms with Gasteiger partial charge >= 0.3 is 0 Å². The van der Waals surface area contributed by atoms with Crippen molar-refractivity contribution in [1.29, 1.82) is 0 Å². The van der Waals surface area contributed by atoms with Crippen molar-refractivity contribution in [3.63, 3.8) is 0 Å². The number of halogens is 1. The lowest BCUT2D eigenvalue weighted by atomic mass is 10.1. The lowest BCUT2D eigenvalue weighted by Gasteiger charge is -2.21. The minimum absolute atomic E-state index is 0.0330. The molecule has 5 heteroatoms. The Morgan fingerprint density at radius 1 is 1.62 bits per heavy atom. The summed E-state index contributed by atoms with van der Waals surface area (Å²) < 4.78 is 6.30. The second-order valence-electron chi connectivity index (χ2n) is 2.76. The summed E-state index contributed by atoms with van der Waals surface area (Å²) in [4.78, 5) is 0. The zero-order chi connectivity index (χ0) is 9.84. The highest BCUT2D eigenvalue weighted by molar-refractivity contribution is 9.10. The van der Waals surface area contributed by atoms with Crippen molar-refractivity contribution in [2.75, 3.05) is 7.11 Å². The average Bonchev–Trinajstić information content (AvgIpc) is 2.53. The number of hydrogen-bond donors (Lipinski definition) is 2. The molecule has 1 aromatic rings. The van der Waals surface area contributed by atoms with Gasteiger partial charge in [0.05, 0.1) is 12.1 Å². The van der Waals surface area contributed by atoms with E-state index in [1.54, 1.807) is 18.4 Å². The molecule has 3 nitrogen and oxygen atoms in total. The van der Waals surface area contributed by atoms with Gasteiger partial charge in [-0.05, 0) is 33.8 Å². The number of hydrogen-bond acceptors (Lipinski definition) is 4. The van der Waals surface area contributed by atoms with Crippen molar-refractivity contribution in [1.82, 2.24) is 5.43 Å². The van der Waals surface area contributed by atoms with Crippen LogP contribution in [0, 0.1) is 0 Å². The Balaban J connectivity index is 2.84. The summed E-state index contributed by atoms with van der Waals surface area (Å²) in [5, 5.41) is 4.09. The summed E-state index contributed by atoms with van der Waals surface area (Å²) in [5.74, 6) is 5.46. The maximum atomic E-state index is 5.46. The molecule has 0 spiro atoms. The van der Waals surface area contributed by atoms with E-state index in [9.17, 15) is 0 Å². The Hall–Kier alpha value is 0.0600. The Bertz CT molecular complexity index is 266. The third kappa shape index (κ3) is 2.51. The molecule has 0 aromatic carbocycles. The summed E-state index contributed by atoms with van der Waals surface area (Å²) in [7, 11) is 1.68. The molecule has 0 radical (unpaired) electrons. The molecule has 1 heterocycles. The Morgan fingerprint density at radius 3 is 2.69 bits per heavy atom. The standard InChI is InChI=1S/C8H13BrN2OS/c1-5(12-2)8(11-10)6-3-13-4-7(6)9/h3-5,8,11H,10H2,1-2H3. The van der Waals surface area contributed by atoms with E-state index in [0.29, 0.717) is 0 Å². The number of nitrogens with two attached hydrogens (primary N) is 1. The predicted octanol–water partition coefficient (Wildman–Crippen LogP) is 2.05. The van der Waals surface area contributed by atoms with E-state index in [4.69, 9.17) is 10.6 Å². The monoisotopic (exact) mass is 264 g/mol. The second-order valence-corrected chi connectivity index (χ2v) is 4.36. The molecular formula is C8H13BrN2OS. The minimum Gasteiger partial charge on any atom is -0.380 e. The molecule has 0 saturated carbocycles. The molecule has 2 unspecified atom stereocenters. The fourth-order valence-corrected chi connectivity index (χ4v) is 2.71. The van der Waals surface area contributed by atoms with Gasteiger partial charge in [-0.25, -0.2) is 0 Å². The van der Waals surface area contributed by atoms with E-state index in [-0.39, 0.29) is 12.1 Å². The normalized spacial score (nSPS) is 15.7. The number of thiophene rings is 1. The highest BCUT2D eigenvalue weighted by Gasteiger charge is 2.20. The summed E-state index contributed by atoms with van der Waals surface area (Å²) >= 11 is 5.10. The van der Waals surface area contributed by atoms with Gasteiger partial charge in [-0.3, -0.25) is 11.3 Å². The number of hydrazine groups is 1.